The molecule has 0 atom stereocenters. The number of aryl methyl sites for hydroxylation is 2. The number of benzene rings is 2. The normalized spacial score (nSPS) is 10.3. The summed E-state index contributed by atoms with van der Waals surface area (Å²) in [7, 11) is 4.60. The highest BCUT2D eigenvalue weighted by Gasteiger charge is 2.14. The van der Waals surface area contributed by atoms with Gasteiger partial charge in [0.05, 0.1) is 27.0 Å². The van der Waals surface area contributed by atoms with Crippen LogP contribution >= 0.6 is 0 Å². The number of nitrogens with one attached hydrogen (secondary N) is 1. The Balaban J connectivity index is 2.07. The fraction of sp³-hybridized carbons (Fsp3) is 0.316. The van der Waals surface area contributed by atoms with E-state index in [2.05, 4.69) is 5.32 Å². The number of carbonyl (C=O) groups is 1. The van der Waals surface area contributed by atoms with E-state index in [0.29, 0.717) is 23.7 Å². The quantitative estimate of drug-likeness (QED) is 0.829. The first kappa shape index (κ1) is 18.6. The molecule has 0 fully saturated rings. The van der Waals surface area contributed by atoms with E-state index in [0.717, 1.165) is 11.1 Å². The Kier molecular flexibility index (Phi) is 6.22. The third-order valence-corrected chi connectivity index (χ3v) is 3.76. The van der Waals surface area contributed by atoms with E-state index >= 15 is 0 Å². The van der Waals surface area contributed by atoms with Crippen molar-refractivity contribution in [3.8, 4) is 17.2 Å². The van der Waals surface area contributed by atoms with E-state index in [9.17, 15) is 9.18 Å². The first-order valence-electron chi connectivity index (χ1n) is 7.83. The molecule has 1 amide bonds. The number of halogens is 1. The Morgan fingerprint density at radius 1 is 1.04 bits per heavy atom. The molecule has 0 radical (unpaired) electrons. The van der Waals surface area contributed by atoms with Crippen molar-refractivity contribution in [1.29, 1.82) is 0 Å². The molecule has 0 saturated carbocycles. The number of hydrogen-bond acceptors (Lipinski definition) is 4. The van der Waals surface area contributed by atoms with Gasteiger partial charge in [-0.1, -0.05) is 6.07 Å². The molecule has 0 aliphatic heterocycles. The zero-order valence-electron chi connectivity index (χ0n) is 14.8. The maximum atomic E-state index is 13.7. The summed E-state index contributed by atoms with van der Waals surface area (Å²) < 4.78 is 29.6. The fourth-order valence-corrected chi connectivity index (χ4v) is 2.49. The van der Waals surface area contributed by atoms with Gasteiger partial charge in [0.2, 0.25) is 11.7 Å². The second-order valence-electron chi connectivity index (χ2n) is 5.57. The summed E-state index contributed by atoms with van der Waals surface area (Å²) in [6, 6.07) is 8.18. The van der Waals surface area contributed by atoms with Gasteiger partial charge in [-0.2, -0.15) is 0 Å². The van der Waals surface area contributed by atoms with Crippen LogP contribution < -0.4 is 19.5 Å². The van der Waals surface area contributed by atoms with Crippen LogP contribution in [0.2, 0.25) is 0 Å². The lowest BCUT2D eigenvalue weighted by Gasteiger charge is -2.14. The Morgan fingerprint density at radius 3 is 2.24 bits per heavy atom. The highest BCUT2D eigenvalue weighted by molar-refractivity contribution is 5.91. The lowest BCUT2D eigenvalue weighted by atomic mass is 10.1. The van der Waals surface area contributed by atoms with E-state index in [1.807, 2.05) is 6.92 Å². The molecule has 2 aromatic carbocycles. The molecule has 1 N–H and O–H groups in total. The van der Waals surface area contributed by atoms with Crippen LogP contribution in [0.25, 0.3) is 0 Å². The van der Waals surface area contributed by atoms with Gasteiger partial charge in [-0.25, -0.2) is 4.39 Å². The van der Waals surface area contributed by atoms with Crippen molar-refractivity contribution in [2.75, 3.05) is 26.6 Å². The molecule has 6 heteroatoms. The molecule has 25 heavy (non-hydrogen) atoms. The van der Waals surface area contributed by atoms with E-state index < -0.39 is 5.82 Å². The molecule has 2 aromatic rings. The van der Waals surface area contributed by atoms with Gasteiger partial charge < -0.3 is 19.5 Å². The molecule has 0 spiro atoms. The van der Waals surface area contributed by atoms with Crippen LogP contribution in [0.4, 0.5) is 10.1 Å². The molecule has 0 aliphatic rings. The molecule has 0 unspecified atom stereocenters. The number of carbonyl (C=O) groups excluding carboxylic acids is 1. The van der Waals surface area contributed by atoms with Crippen molar-refractivity contribution in [3.05, 3.63) is 47.3 Å². The summed E-state index contributed by atoms with van der Waals surface area (Å²) in [4.78, 5) is 12.1. The van der Waals surface area contributed by atoms with Crippen LogP contribution in [0.1, 0.15) is 17.5 Å². The third-order valence-electron chi connectivity index (χ3n) is 3.76. The van der Waals surface area contributed by atoms with Crippen LogP contribution in [0, 0.1) is 12.7 Å². The molecular formula is C19H22FNO4. The third kappa shape index (κ3) is 4.62. The molecule has 0 heterocycles. The van der Waals surface area contributed by atoms with E-state index in [-0.39, 0.29) is 18.0 Å². The van der Waals surface area contributed by atoms with Crippen LogP contribution in [-0.2, 0) is 11.2 Å². The Bertz CT molecular complexity index is 736. The standard InChI is InChI=1S/C19H22FNO4/c1-12-5-7-14(20)15(9-12)21-18(22)8-6-13-10-16(23-2)19(25-4)17(11-13)24-3/h5,7,9-11H,6,8H2,1-4H3,(H,21,22). The largest absolute Gasteiger partial charge is 0.493 e. The van der Waals surface area contributed by atoms with Gasteiger partial charge in [-0.3, -0.25) is 4.79 Å². The zero-order chi connectivity index (χ0) is 18.4. The van der Waals surface area contributed by atoms with Crippen LogP contribution in [0.3, 0.4) is 0 Å². The number of ether oxygens (including phenoxy) is 3. The maximum absolute atomic E-state index is 13.7. The number of anilines is 1. The molecule has 0 aliphatic carbocycles. The van der Waals surface area contributed by atoms with Gasteiger partial charge in [-0.15, -0.1) is 0 Å². The monoisotopic (exact) mass is 347 g/mol. The van der Waals surface area contributed by atoms with Crippen molar-refractivity contribution in [2.24, 2.45) is 0 Å². The zero-order valence-corrected chi connectivity index (χ0v) is 14.8. The summed E-state index contributed by atoms with van der Waals surface area (Å²) in [5.74, 6) is 0.842. The van der Waals surface area contributed by atoms with Crippen molar-refractivity contribution < 1.29 is 23.4 Å². The predicted molar refractivity (Wildman–Crippen MR) is 94.2 cm³/mol. The summed E-state index contributed by atoms with van der Waals surface area (Å²) in [6.07, 6.45) is 0.655. The Labute approximate surface area is 146 Å². The molecular weight excluding hydrogens is 325 g/mol. The van der Waals surface area contributed by atoms with Gasteiger partial charge in [0, 0.05) is 6.42 Å². The van der Waals surface area contributed by atoms with Crippen LogP contribution in [0.15, 0.2) is 30.3 Å². The van der Waals surface area contributed by atoms with Crippen molar-refractivity contribution in [2.45, 2.75) is 19.8 Å². The average molecular weight is 347 g/mol. The average Bonchev–Trinajstić information content (AvgIpc) is 2.61. The SMILES string of the molecule is COc1cc(CCC(=O)Nc2cc(C)ccc2F)cc(OC)c1OC. The number of hydrogen-bond donors (Lipinski definition) is 1. The fourth-order valence-electron chi connectivity index (χ4n) is 2.49. The Hall–Kier alpha value is -2.76. The summed E-state index contributed by atoms with van der Waals surface area (Å²) in [5.41, 5.74) is 1.92. The number of methoxy groups -OCH3 is 3. The summed E-state index contributed by atoms with van der Waals surface area (Å²) in [5, 5.41) is 2.60. The highest BCUT2D eigenvalue weighted by atomic mass is 19.1. The summed E-state index contributed by atoms with van der Waals surface area (Å²) in [6.45, 7) is 1.84. The van der Waals surface area contributed by atoms with Gasteiger partial charge in [0.25, 0.3) is 0 Å². The smallest absolute Gasteiger partial charge is 0.224 e. The first-order valence-corrected chi connectivity index (χ1v) is 7.83. The Morgan fingerprint density at radius 2 is 1.68 bits per heavy atom. The van der Waals surface area contributed by atoms with Gasteiger partial charge in [-0.05, 0) is 48.7 Å². The van der Waals surface area contributed by atoms with E-state index in [4.69, 9.17) is 14.2 Å². The second kappa shape index (κ2) is 8.37. The van der Waals surface area contributed by atoms with Gasteiger partial charge >= 0.3 is 0 Å². The van der Waals surface area contributed by atoms with E-state index in [1.54, 1.807) is 24.3 Å². The van der Waals surface area contributed by atoms with Gasteiger partial charge in [0.1, 0.15) is 5.82 Å². The lowest BCUT2D eigenvalue weighted by Crippen LogP contribution is -2.13. The molecule has 0 bridgehead atoms. The molecule has 134 valence electrons. The second-order valence-corrected chi connectivity index (χ2v) is 5.57. The molecule has 2 rings (SSSR count). The minimum Gasteiger partial charge on any atom is -0.493 e. The minimum atomic E-state index is -0.452. The predicted octanol–water partition coefficient (Wildman–Crippen LogP) is 3.73. The maximum Gasteiger partial charge on any atom is 0.224 e. The highest BCUT2D eigenvalue weighted by Crippen LogP contribution is 2.38. The van der Waals surface area contributed by atoms with E-state index in [1.165, 1.54) is 27.4 Å². The lowest BCUT2D eigenvalue weighted by molar-refractivity contribution is -0.116. The van der Waals surface area contributed by atoms with Crippen molar-refractivity contribution >= 4 is 11.6 Å². The minimum absolute atomic E-state index is 0.190. The van der Waals surface area contributed by atoms with Crippen LogP contribution in [-0.4, -0.2) is 27.2 Å². The number of rotatable bonds is 7. The first-order chi connectivity index (χ1) is 12.0. The summed E-state index contributed by atoms with van der Waals surface area (Å²) >= 11 is 0. The van der Waals surface area contributed by atoms with Crippen molar-refractivity contribution in [1.82, 2.24) is 0 Å². The van der Waals surface area contributed by atoms with Crippen LogP contribution in [0.5, 0.6) is 17.2 Å². The molecule has 0 saturated heterocycles. The van der Waals surface area contributed by atoms with Gasteiger partial charge in [0.15, 0.2) is 11.5 Å². The molecule has 5 nitrogen and oxygen atoms in total. The topological polar surface area (TPSA) is 56.8 Å². The molecule has 0 aromatic heterocycles. The van der Waals surface area contributed by atoms with Crippen molar-refractivity contribution in [3.63, 3.8) is 0 Å². The number of amides is 1.